The maximum absolute atomic E-state index is 3.54. The molecule has 0 saturated heterocycles. The van der Waals surface area contributed by atoms with Gasteiger partial charge < -0.3 is 5.32 Å². The zero-order chi connectivity index (χ0) is 11.4. The molecule has 90 valence electrons. The van der Waals surface area contributed by atoms with E-state index in [0.29, 0.717) is 12.1 Å². The predicted octanol–water partition coefficient (Wildman–Crippen LogP) is 2.49. The third kappa shape index (κ3) is 4.12. The van der Waals surface area contributed by atoms with Gasteiger partial charge in [0.2, 0.25) is 0 Å². The molecule has 0 radical (unpaired) electrons. The van der Waals surface area contributed by atoms with Gasteiger partial charge in [-0.25, -0.2) is 0 Å². The van der Waals surface area contributed by atoms with Gasteiger partial charge in [0.25, 0.3) is 0 Å². The Kier molecular flexibility index (Phi) is 5.07. The van der Waals surface area contributed by atoms with Crippen molar-refractivity contribution in [1.29, 1.82) is 0 Å². The summed E-state index contributed by atoms with van der Waals surface area (Å²) < 4.78 is 0. The van der Waals surface area contributed by atoms with Crippen molar-refractivity contribution >= 4 is 0 Å². The lowest BCUT2D eigenvalue weighted by Crippen LogP contribution is -2.49. The Hall–Kier alpha value is -0.0800. The molecule has 1 rings (SSSR count). The van der Waals surface area contributed by atoms with Crippen molar-refractivity contribution in [2.45, 2.75) is 65.6 Å². The lowest BCUT2D eigenvalue weighted by molar-refractivity contribution is 0.148. The minimum Gasteiger partial charge on any atom is -0.313 e. The maximum atomic E-state index is 3.54. The molecule has 1 aliphatic rings. The van der Waals surface area contributed by atoms with Crippen LogP contribution in [0.1, 0.15) is 47.5 Å². The molecule has 0 aromatic heterocycles. The molecule has 1 aliphatic carbocycles. The lowest BCUT2D eigenvalue weighted by atomic mass is 10.1. The van der Waals surface area contributed by atoms with Gasteiger partial charge in [0.05, 0.1) is 0 Å². The van der Waals surface area contributed by atoms with Crippen LogP contribution in [0.4, 0.5) is 0 Å². The van der Waals surface area contributed by atoms with Gasteiger partial charge in [-0.3, -0.25) is 4.90 Å². The first-order valence-electron chi connectivity index (χ1n) is 6.55. The van der Waals surface area contributed by atoms with Gasteiger partial charge in [0.15, 0.2) is 0 Å². The van der Waals surface area contributed by atoms with Gasteiger partial charge in [0, 0.05) is 24.7 Å². The van der Waals surface area contributed by atoms with E-state index < -0.39 is 0 Å². The second kappa shape index (κ2) is 5.86. The predicted molar refractivity (Wildman–Crippen MR) is 67.2 cm³/mol. The molecule has 0 amide bonds. The first-order valence-corrected chi connectivity index (χ1v) is 6.55. The third-order valence-electron chi connectivity index (χ3n) is 3.36. The summed E-state index contributed by atoms with van der Waals surface area (Å²) in [4.78, 5) is 2.71. The molecule has 0 bridgehead atoms. The summed E-state index contributed by atoms with van der Waals surface area (Å²) in [5, 5.41) is 3.54. The minimum atomic E-state index is 0.606. The first-order chi connectivity index (χ1) is 7.06. The van der Waals surface area contributed by atoms with Gasteiger partial charge in [-0.1, -0.05) is 20.8 Å². The molecule has 0 aromatic carbocycles. The van der Waals surface area contributed by atoms with E-state index in [0.717, 1.165) is 18.5 Å². The van der Waals surface area contributed by atoms with Crippen LogP contribution in [0.3, 0.4) is 0 Å². The second-order valence-electron chi connectivity index (χ2n) is 5.41. The van der Waals surface area contributed by atoms with Crippen molar-refractivity contribution in [3.05, 3.63) is 0 Å². The van der Waals surface area contributed by atoms with Crippen LogP contribution in [-0.4, -0.2) is 36.1 Å². The average Bonchev–Trinajstić information content (AvgIpc) is 2.96. The topological polar surface area (TPSA) is 15.3 Å². The largest absolute Gasteiger partial charge is 0.313 e. The van der Waals surface area contributed by atoms with E-state index in [1.807, 2.05) is 0 Å². The SMILES string of the molecule is CCNC(C)C(C)N(CC(C)C)C1CC1. The molecule has 0 spiro atoms. The summed E-state index contributed by atoms with van der Waals surface area (Å²) in [5.41, 5.74) is 0. The highest BCUT2D eigenvalue weighted by molar-refractivity contribution is 4.90. The Labute approximate surface area is 95.4 Å². The number of nitrogens with one attached hydrogen (secondary N) is 1. The molecule has 1 N–H and O–H groups in total. The van der Waals surface area contributed by atoms with E-state index in [1.165, 1.54) is 19.4 Å². The second-order valence-corrected chi connectivity index (χ2v) is 5.41. The smallest absolute Gasteiger partial charge is 0.0221 e. The van der Waals surface area contributed by atoms with E-state index in [-0.39, 0.29) is 0 Å². The van der Waals surface area contributed by atoms with Gasteiger partial charge >= 0.3 is 0 Å². The number of hydrogen-bond acceptors (Lipinski definition) is 2. The lowest BCUT2D eigenvalue weighted by Gasteiger charge is -2.35. The van der Waals surface area contributed by atoms with Crippen LogP contribution in [0.25, 0.3) is 0 Å². The molecular formula is C13H28N2. The molecule has 1 saturated carbocycles. The molecule has 0 aliphatic heterocycles. The average molecular weight is 212 g/mol. The first kappa shape index (κ1) is 13.0. The molecular weight excluding hydrogens is 184 g/mol. The van der Waals surface area contributed by atoms with Crippen molar-refractivity contribution in [1.82, 2.24) is 10.2 Å². The molecule has 0 heterocycles. The highest BCUT2D eigenvalue weighted by Gasteiger charge is 2.33. The highest BCUT2D eigenvalue weighted by atomic mass is 15.2. The normalized spacial score (nSPS) is 21.0. The third-order valence-corrected chi connectivity index (χ3v) is 3.36. The molecule has 2 unspecified atom stereocenters. The van der Waals surface area contributed by atoms with Crippen LogP contribution in [0.5, 0.6) is 0 Å². The van der Waals surface area contributed by atoms with Crippen molar-refractivity contribution in [2.24, 2.45) is 5.92 Å². The Morgan fingerprint density at radius 1 is 1.20 bits per heavy atom. The van der Waals surface area contributed by atoms with Crippen LogP contribution in [-0.2, 0) is 0 Å². The molecule has 2 heteroatoms. The van der Waals surface area contributed by atoms with Crippen LogP contribution >= 0.6 is 0 Å². The van der Waals surface area contributed by atoms with Crippen molar-refractivity contribution in [2.75, 3.05) is 13.1 Å². The molecule has 1 fully saturated rings. The van der Waals surface area contributed by atoms with E-state index >= 15 is 0 Å². The summed E-state index contributed by atoms with van der Waals surface area (Å²) in [6.07, 6.45) is 2.83. The number of likely N-dealkylation sites (N-methyl/N-ethyl adjacent to an activating group) is 1. The van der Waals surface area contributed by atoms with Gasteiger partial charge in [-0.15, -0.1) is 0 Å². The fraction of sp³-hybridized carbons (Fsp3) is 1.00. The summed E-state index contributed by atoms with van der Waals surface area (Å²) in [5.74, 6) is 0.780. The standard InChI is InChI=1S/C13H28N2/c1-6-14-11(4)12(5)15(9-10(2)3)13-7-8-13/h10-14H,6-9H2,1-5H3. The van der Waals surface area contributed by atoms with Crippen molar-refractivity contribution in [3.63, 3.8) is 0 Å². The molecule has 15 heavy (non-hydrogen) atoms. The highest BCUT2D eigenvalue weighted by Crippen LogP contribution is 2.30. The minimum absolute atomic E-state index is 0.606. The Balaban J connectivity index is 2.46. The van der Waals surface area contributed by atoms with Gasteiger partial charge in [0.1, 0.15) is 0 Å². The quantitative estimate of drug-likeness (QED) is 0.697. The van der Waals surface area contributed by atoms with Crippen LogP contribution in [0, 0.1) is 5.92 Å². The monoisotopic (exact) mass is 212 g/mol. The Morgan fingerprint density at radius 2 is 1.80 bits per heavy atom. The van der Waals surface area contributed by atoms with Gasteiger partial charge in [-0.2, -0.15) is 0 Å². The number of rotatable bonds is 7. The Bertz CT molecular complexity index is 175. The van der Waals surface area contributed by atoms with Crippen molar-refractivity contribution in [3.8, 4) is 0 Å². The summed E-state index contributed by atoms with van der Waals surface area (Å²) in [7, 11) is 0. The number of nitrogens with zero attached hydrogens (tertiary/aromatic N) is 1. The fourth-order valence-corrected chi connectivity index (χ4v) is 2.26. The van der Waals surface area contributed by atoms with Crippen LogP contribution < -0.4 is 5.32 Å². The van der Waals surface area contributed by atoms with E-state index in [2.05, 4.69) is 44.8 Å². The van der Waals surface area contributed by atoms with E-state index in [1.54, 1.807) is 0 Å². The summed E-state index contributed by atoms with van der Waals surface area (Å²) in [6.45, 7) is 13.8. The van der Waals surface area contributed by atoms with Crippen molar-refractivity contribution < 1.29 is 0 Å². The maximum Gasteiger partial charge on any atom is 0.0221 e. The molecule has 2 atom stereocenters. The van der Waals surface area contributed by atoms with Gasteiger partial charge in [-0.05, 0) is 39.2 Å². The molecule has 2 nitrogen and oxygen atoms in total. The molecule has 0 aromatic rings. The zero-order valence-electron chi connectivity index (χ0n) is 11.1. The summed E-state index contributed by atoms with van der Waals surface area (Å²) >= 11 is 0. The van der Waals surface area contributed by atoms with Crippen LogP contribution in [0.2, 0.25) is 0 Å². The van der Waals surface area contributed by atoms with Crippen LogP contribution in [0.15, 0.2) is 0 Å². The number of hydrogen-bond donors (Lipinski definition) is 1. The Morgan fingerprint density at radius 3 is 2.20 bits per heavy atom. The zero-order valence-corrected chi connectivity index (χ0v) is 11.1. The van der Waals surface area contributed by atoms with E-state index in [9.17, 15) is 0 Å². The van der Waals surface area contributed by atoms with E-state index in [4.69, 9.17) is 0 Å². The summed E-state index contributed by atoms with van der Waals surface area (Å²) in [6, 6.07) is 2.15. The fourth-order valence-electron chi connectivity index (χ4n) is 2.26.